The number of hydrogen-bond acceptors (Lipinski definition) is 5. The molecule has 0 atom stereocenters. The molecular formula is C27H35NO6. The normalized spacial score (nSPS) is 15.1. The van der Waals surface area contributed by atoms with Crippen molar-refractivity contribution < 1.29 is 29.3 Å². The highest BCUT2D eigenvalue weighted by Gasteiger charge is 2.39. The van der Waals surface area contributed by atoms with Gasteiger partial charge < -0.3 is 19.7 Å². The van der Waals surface area contributed by atoms with Crippen LogP contribution in [0, 0.1) is 11.3 Å². The van der Waals surface area contributed by atoms with Crippen LogP contribution >= 0.6 is 0 Å². The molecule has 3 rings (SSSR count). The topological polar surface area (TPSA) is 96.3 Å². The van der Waals surface area contributed by atoms with E-state index < -0.39 is 17.4 Å². The lowest BCUT2D eigenvalue weighted by atomic mass is 9.68. The molecule has 1 aliphatic heterocycles. The van der Waals surface area contributed by atoms with E-state index in [9.17, 15) is 19.8 Å². The molecule has 184 valence electrons. The number of aliphatic carboxylic acids is 2. The molecule has 34 heavy (non-hydrogen) atoms. The second-order valence-corrected chi connectivity index (χ2v) is 9.42. The summed E-state index contributed by atoms with van der Waals surface area (Å²) in [7, 11) is 3.10. The lowest BCUT2D eigenvalue weighted by Gasteiger charge is -2.39. The van der Waals surface area contributed by atoms with Crippen molar-refractivity contribution in [3.63, 3.8) is 0 Å². The number of carbonyl (C=O) groups is 2. The van der Waals surface area contributed by atoms with Crippen molar-refractivity contribution in [1.82, 2.24) is 4.90 Å². The Bertz CT molecular complexity index is 937. The fourth-order valence-corrected chi connectivity index (χ4v) is 5.27. The van der Waals surface area contributed by atoms with Gasteiger partial charge in [-0.15, -0.1) is 0 Å². The van der Waals surface area contributed by atoms with Gasteiger partial charge in [-0.25, -0.2) is 0 Å². The van der Waals surface area contributed by atoms with E-state index in [1.165, 1.54) is 5.56 Å². The lowest BCUT2D eigenvalue weighted by molar-refractivity contribution is -0.144. The first-order valence-electron chi connectivity index (χ1n) is 11.7. The van der Waals surface area contributed by atoms with Crippen LogP contribution in [-0.4, -0.2) is 54.4 Å². The lowest BCUT2D eigenvalue weighted by Crippen LogP contribution is -2.38. The largest absolute Gasteiger partial charge is 0.493 e. The van der Waals surface area contributed by atoms with Crippen molar-refractivity contribution in [2.24, 2.45) is 11.3 Å². The minimum absolute atomic E-state index is 0.183. The summed E-state index contributed by atoms with van der Waals surface area (Å²) >= 11 is 0. The van der Waals surface area contributed by atoms with E-state index in [-0.39, 0.29) is 18.8 Å². The maximum Gasteiger partial charge on any atom is 0.303 e. The van der Waals surface area contributed by atoms with Gasteiger partial charge in [0.2, 0.25) is 0 Å². The SMILES string of the molecule is COc1ccc(CC(CC(=O)O)(CC(=O)O)CC2CCN(Cc3ccccc3)CC2)cc1OC. The molecule has 1 saturated heterocycles. The van der Waals surface area contributed by atoms with Crippen LogP contribution < -0.4 is 9.47 Å². The zero-order valence-electron chi connectivity index (χ0n) is 20.0. The summed E-state index contributed by atoms with van der Waals surface area (Å²) in [5.41, 5.74) is 1.26. The number of carboxylic acid groups (broad SMARTS) is 2. The Labute approximate surface area is 201 Å². The average Bonchev–Trinajstić information content (AvgIpc) is 2.80. The second kappa shape index (κ2) is 11.9. The van der Waals surface area contributed by atoms with Crippen molar-refractivity contribution in [3.05, 3.63) is 59.7 Å². The molecule has 0 radical (unpaired) electrons. The molecule has 0 aliphatic carbocycles. The minimum Gasteiger partial charge on any atom is -0.493 e. The van der Waals surface area contributed by atoms with Gasteiger partial charge in [-0.3, -0.25) is 14.5 Å². The van der Waals surface area contributed by atoms with Gasteiger partial charge in [0, 0.05) is 6.54 Å². The zero-order valence-corrected chi connectivity index (χ0v) is 20.0. The number of nitrogens with zero attached hydrogens (tertiary/aromatic N) is 1. The van der Waals surface area contributed by atoms with E-state index in [1.54, 1.807) is 20.3 Å². The van der Waals surface area contributed by atoms with Crippen LogP contribution in [0.25, 0.3) is 0 Å². The van der Waals surface area contributed by atoms with Crippen LogP contribution in [-0.2, 0) is 22.6 Å². The molecule has 7 nitrogen and oxygen atoms in total. The predicted octanol–water partition coefficient (Wildman–Crippen LogP) is 4.48. The van der Waals surface area contributed by atoms with Crippen LogP contribution in [0.1, 0.15) is 43.2 Å². The Hall–Kier alpha value is -3.06. The molecule has 2 N–H and O–H groups in total. The van der Waals surface area contributed by atoms with Gasteiger partial charge in [-0.1, -0.05) is 36.4 Å². The summed E-state index contributed by atoms with van der Waals surface area (Å²) in [6.45, 7) is 2.74. The van der Waals surface area contributed by atoms with Crippen molar-refractivity contribution in [2.75, 3.05) is 27.3 Å². The third kappa shape index (κ3) is 7.22. The highest BCUT2D eigenvalue weighted by Crippen LogP contribution is 2.42. The summed E-state index contributed by atoms with van der Waals surface area (Å²) in [5, 5.41) is 19.4. The average molecular weight is 470 g/mol. The Morgan fingerprint density at radius 2 is 1.53 bits per heavy atom. The number of ether oxygens (including phenoxy) is 2. The number of hydrogen-bond donors (Lipinski definition) is 2. The second-order valence-electron chi connectivity index (χ2n) is 9.42. The third-order valence-electron chi connectivity index (χ3n) is 6.76. The third-order valence-corrected chi connectivity index (χ3v) is 6.76. The Kier molecular flexibility index (Phi) is 8.93. The summed E-state index contributed by atoms with van der Waals surface area (Å²) in [6, 6.07) is 15.8. The quantitative estimate of drug-likeness (QED) is 0.473. The number of likely N-dealkylation sites (tertiary alicyclic amines) is 1. The van der Waals surface area contributed by atoms with E-state index in [0.717, 1.165) is 38.0 Å². The Balaban J connectivity index is 1.75. The van der Waals surface area contributed by atoms with E-state index in [4.69, 9.17) is 9.47 Å². The maximum absolute atomic E-state index is 11.9. The molecule has 2 aromatic rings. The van der Waals surface area contributed by atoms with Gasteiger partial charge in [0.1, 0.15) is 0 Å². The molecule has 0 unspecified atom stereocenters. The summed E-state index contributed by atoms with van der Waals surface area (Å²) in [6.07, 6.45) is 2.42. The molecule has 1 fully saturated rings. The van der Waals surface area contributed by atoms with Crippen LogP contribution in [0.3, 0.4) is 0 Å². The van der Waals surface area contributed by atoms with Crippen LogP contribution in [0.4, 0.5) is 0 Å². The first-order chi connectivity index (χ1) is 16.3. The van der Waals surface area contributed by atoms with E-state index in [2.05, 4.69) is 17.0 Å². The molecule has 0 saturated carbocycles. The number of benzene rings is 2. The van der Waals surface area contributed by atoms with Gasteiger partial charge >= 0.3 is 11.9 Å². The maximum atomic E-state index is 11.9. The van der Waals surface area contributed by atoms with Gasteiger partial charge in [0.25, 0.3) is 0 Å². The zero-order chi connectivity index (χ0) is 24.6. The summed E-state index contributed by atoms with van der Waals surface area (Å²) in [4.78, 5) is 26.1. The minimum atomic E-state index is -0.969. The molecule has 7 heteroatoms. The molecule has 1 aliphatic rings. The number of methoxy groups -OCH3 is 2. The Morgan fingerprint density at radius 3 is 2.09 bits per heavy atom. The number of piperidine rings is 1. The molecule has 0 spiro atoms. The van der Waals surface area contributed by atoms with Crippen LogP contribution in [0.15, 0.2) is 48.5 Å². The van der Waals surface area contributed by atoms with Crippen LogP contribution in [0.5, 0.6) is 11.5 Å². The van der Waals surface area contributed by atoms with Crippen molar-refractivity contribution in [2.45, 2.75) is 45.1 Å². The van der Waals surface area contributed by atoms with Crippen molar-refractivity contribution in [1.29, 1.82) is 0 Å². The number of carboxylic acids is 2. The summed E-state index contributed by atoms with van der Waals surface area (Å²) in [5.74, 6) is -0.523. The highest BCUT2D eigenvalue weighted by atomic mass is 16.5. The van der Waals surface area contributed by atoms with Crippen molar-refractivity contribution in [3.8, 4) is 11.5 Å². The molecule has 0 bridgehead atoms. The van der Waals surface area contributed by atoms with Gasteiger partial charge in [0.15, 0.2) is 11.5 Å². The standard InChI is InChI=1S/C27H35NO6/c1-33-23-9-8-22(14-24(23)34-2)16-27(17-25(29)30,18-26(31)32)15-20-10-12-28(13-11-20)19-21-6-4-3-5-7-21/h3-9,14,20H,10-13,15-19H2,1-2H3,(H,29,30)(H,31,32). The molecule has 1 heterocycles. The fraction of sp³-hybridized carbons (Fsp3) is 0.481. The summed E-state index contributed by atoms with van der Waals surface area (Å²) < 4.78 is 10.7. The fourth-order valence-electron chi connectivity index (χ4n) is 5.27. The van der Waals surface area contributed by atoms with E-state index in [0.29, 0.717) is 24.3 Å². The molecule has 2 aromatic carbocycles. The van der Waals surface area contributed by atoms with E-state index >= 15 is 0 Å². The molecule has 0 aromatic heterocycles. The van der Waals surface area contributed by atoms with Gasteiger partial charge in [-0.2, -0.15) is 0 Å². The first-order valence-corrected chi connectivity index (χ1v) is 11.7. The first kappa shape index (κ1) is 25.6. The smallest absolute Gasteiger partial charge is 0.303 e. The monoisotopic (exact) mass is 469 g/mol. The van der Waals surface area contributed by atoms with E-state index in [1.807, 2.05) is 30.3 Å². The van der Waals surface area contributed by atoms with Gasteiger partial charge in [0.05, 0.1) is 27.1 Å². The Morgan fingerprint density at radius 1 is 0.912 bits per heavy atom. The molecule has 0 amide bonds. The number of rotatable bonds is 12. The van der Waals surface area contributed by atoms with Crippen molar-refractivity contribution >= 4 is 11.9 Å². The van der Waals surface area contributed by atoms with Gasteiger partial charge in [-0.05, 0) is 73.4 Å². The highest BCUT2D eigenvalue weighted by molar-refractivity contribution is 5.72. The van der Waals surface area contributed by atoms with Crippen LogP contribution in [0.2, 0.25) is 0 Å². The molecular weight excluding hydrogens is 434 g/mol. The predicted molar refractivity (Wildman–Crippen MR) is 129 cm³/mol.